The van der Waals surface area contributed by atoms with Crippen LogP contribution in [0, 0.1) is 0 Å². The third-order valence-corrected chi connectivity index (χ3v) is 3.75. The van der Waals surface area contributed by atoms with Crippen molar-refractivity contribution in [1.29, 1.82) is 0 Å². The molecule has 21 heavy (non-hydrogen) atoms. The van der Waals surface area contributed by atoms with Crippen molar-refractivity contribution in [2.45, 2.75) is 32.2 Å². The van der Waals surface area contributed by atoms with Gasteiger partial charge in [-0.05, 0) is 26.3 Å². The first-order valence-corrected chi connectivity index (χ1v) is 7.67. The molecular weight excluding hydrogens is 266 g/mol. The Morgan fingerprint density at radius 1 is 1.29 bits per heavy atom. The normalized spacial score (nSPS) is 14.8. The number of fused-ring (bicyclic) bond motifs is 1. The van der Waals surface area contributed by atoms with Gasteiger partial charge in [0.25, 0.3) is 0 Å². The molecular formula is C14H23N7. The number of aromatic nitrogens is 4. The highest BCUT2D eigenvalue weighted by atomic mass is 15.2. The van der Waals surface area contributed by atoms with E-state index in [9.17, 15) is 0 Å². The zero-order chi connectivity index (χ0) is 14.7. The molecule has 2 heterocycles. The summed E-state index contributed by atoms with van der Waals surface area (Å²) in [5.41, 5.74) is 1.56. The van der Waals surface area contributed by atoms with Crippen molar-refractivity contribution in [2.75, 3.05) is 37.3 Å². The number of nitrogens with one attached hydrogen (secondary N) is 3. The summed E-state index contributed by atoms with van der Waals surface area (Å²) < 4.78 is 0. The molecule has 0 saturated heterocycles. The third kappa shape index (κ3) is 3.41. The molecule has 0 unspecified atom stereocenters. The molecule has 0 bridgehead atoms. The van der Waals surface area contributed by atoms with E-state index in [2.05, 4.69) is 49.4 Å². The molecule has 7 nitrogen and oxygen atoms in total. The minimum atomic E-state index is 0.634. The second-order valence-corrected chi connectivity index (χ2v) is 5.56. The number of hydrogen-bond donors (Lipinski definition) is 3. The lowest BCUT2D eigenvalue weighted by Gasteiger charge is -2.16. The number of aromatic amines is 1. The van der Waals surface area contributed by atoms with Crippen molar-refractivity contribution < 1.29 is 0 Å². The van der Waals surface area contributed by atoms with Gasteiger partial charge in [0.1, 0.15) is 5.52 Å². The van der Waals surface area contributed by atoms with E-state index in [1.165, 1.54) is 12.8 Å². The quantitative estimate of drug-likeness (QED) is 0.686. The fourth-order valence-electron chi connectivity index (χ4n) is 2.33. The molecule has 0 spiro atoms. The summed E-state index contributed by atoms with van der Waals surface area (Å²) in [6, 6.07) is 0.783. The summed E-state index contributed by atoms with van der Waals surface area (Å²) in [4.78, 5) is 18.7. The summed E-state index contributed by atoms with van der Waals surface area (Å²) in [7, 11) is 2.18. The van der Waals surface area contributed by atoms with Gasteiger partial charge < -0.3 is 20.5 Å². The van der Waals surface area contributed by atoms with Crippen LogP contribution in [0.15, 0.2) is 6.33 Å². The number of imidazole rings is 1. The van der Waals surface area contributed by atoms with E-state index in [4.69, 9.17) is 0 Å². The molecule has 114 valence electrons. The Bertz CT molecular complexity index is 590. The van der Waals surface area contributed by atoms with Crippen LogP contribution < -0.4 is 10.6 Å². The van der Waals surface area contributed by atoms with Crippen LogP contribution in [0.1, 0.15) is 26.2 Å². The van der Waals surface area contributed by atoms with Crippen LogP contribution in [0.3, 0.4) is 0 Å². The van der Waals surface area contributed by atoms with Crippen molar-refractivity contribution in [3.8, 4) is 0 Å². The molecule has 1 fully saturated rings. The summed E-state index contributed by atoms with van der Waals surface area (Å²) in [6.07, 6.45) is 5.36. The molecule has 0 atom stereocenters. The fraction of sp³-hybridized carbons (Fsp3) is 0.643. The van der Waals surface area contributed by atoms with Gasteiger partial charge in [0, 0.05) is 25.7 Å². The summed E-state index contributed by atoms with van der Waals surface area (Å²) in [5, 5.41) is 6.62. The lowest BCUT2D eigenvalue weighted by atomic mass is 10.4. The second kappa shape index (κ2) is 6.26. The lowest BCUT2D eigenvalue weighted by molar-refractivity contribution is 0.337. The summed E-state index contributed by atoms with van der Waals surface area (Å²) in [5.74, 6) is 1.45. The van der Waals surface area contributed by atoms with Crippen molar-refractivity contribution >= 4 is 22.9 Å². The molecule has 1 aliphatic rings. The smallest absolute Gasteiger partial charge is 0.226 e. The lowest BCUT2D eigenvalue weighted by Crippen LogP contribution is -2.27. The van der Waals surface area contributed by atoms with Gasteiger partial charge in [0.05, 0.1) is 6.33 Å². The predicted octanol–water partition coefficient (Wildman–Crippen LogP) is 1.68. The van der Waals surface area contributed by atoms with Crippen LogP contribution in [0.5, 0.6) is 0 Å². The minimum Gasteiger partial charge on any atom is -0.367 e. The Kier molecular flexibility index (Phi) is 4.19. The molecule has 1 saturated carbocycles. The van der Waals surface area contributed by atoms with Gasteiger partial charge in [0.15, 0.2) is 11.5 Å². The Morgan fingerprint density at radius 2 is 2.14 bits per heavy atom. The van der Waals surface area contributed by atoms with E-state index in [1.54, 1.807) is 6.33 Å². The predicted molar refractivity (Wildman–Crippen MR) is 84.6 cm³/mol. The van der Waals surface area contributed by atoms with E-state index < -0.39 is 0 Å². The van der Waals surface area contributed by atoms with Crippen LogP contribution >= 0.6 is 0 Å². The second-order valence-electron chi connectivity index (χ2n) is 5.56. The average molecular weight is 289 g/mol. The molecule has 0 aliphatic heterocycles. The molecule has 3 N–H and O–H groups in total. The molecule has 0 radical (unpaired) electrons. The first-order valence-electron chi connectivity index (χ1n) is 7.67. The van der Waals surface area contributed by atoms with Gasteiger partial charge in [0.2, 0.25) is 5.95 Å². The van der Waals surface area contributed by atoms with Crippen LogP contribution in [-0.4, -0.2) is 57.6 Å². The highest BCUT2D eigenvalue weighted by Gasteiger charge is 2.25. The molecule has 7 heteroatoms. The topological polar surface area (TPSA) is 81.8 Å². The maximum absolute atomic E-state index is 4.54. The van der Waals surface area contributed by atoms with Gasteiger partial charge in [-0.25, -0.2) is 4.98 Å². The van der Waals surface area contributed by atoms with Gasteiger partial charge in [-0.3, -0.25) is 0 Å². The van der Waals surface area contributed by atoms with E-state index in [-0.39, 0.29) is 0 Å². The minimum absolute atomic E-state index is 0.634. The molecule has 3 rings (SSSR count). The number of H-pyrrole nitrogens is 1. The summed E-state index contributed by atoms with van der Waals surface area (Å²) >= 11 is 0. The fourth-order valence-corrected chi connectivity index (χ4v) is 2.33. The monoisotopic (exact) mass is 289 g/mol. The number of hydrogen-bond acceptors (Lipinski definition) is 6. The highest BCUT2D eigenvalue weighted by Crippen LogP contribution is 2.25. The van der Waals surface area contributed by atoms with E-state index >= 15 is 0 Å². The molecule has 2 aromatic rings. The Balaban J connectivity index is 1.67. The van der Waals surface area contributed by atoms with E-state index in [0.717, 1.165) is 43.4 Å². The molecule has 0 amide bonds. The average Bonchev–Trinajstić information content (AvgIpc) is 3.23. The van der Waals surface area contributed by atoms with Gasteiger partial charge in [-0.2, -0.15) is 9.97 Å². The zero-order valence-corrected chi connectivity index (χ0v) is 12.7. The van der Waals surface area contributed by atoms with Crippen LogP contribution in [0.25, 0.3) is 11.2 Å². The van der Waals surface area contributed by atoms with Gasteiger partial charge >= 0.3 is 0 Å². The number of likely N-dealkylation sites (N-methyl/N-ethyl adjacent to an activating group) is 1. The molecule has 1 aliphatic carbocycles. The maximum atomic E-state index is 4.54. The molecule has 0 aromatic carbocycles. The van der Waals surface area contributed by atoms with E-state index in [0.29, 0.717) is 11.6 Å². The van der Waals surface area contributed by atoms with Crippen molar-refractivity contribution in [2.24, 2.45) is 0 Å². The maximum Gasteiger partial charge on any atom is 0.226 e. The summed E-state index contributed by atoms with van der Waals surface area (Å²) in [6.45, 7) is 4.86. The highest BCUT2D eigenvalue weighted by molar-refractivity contribution is 5.83. The van der Waals surface area contributed by atoms with Crippen LogP contribution in [0.2, 0.25) is 0 Å². The number of rotatable bonds is 8. The number of anilines is 2. The van der Waals surface area contributed by atoms with E-state index in [1.807, 2.05) is 0 Å². The standard InChI is InChI=1S/C14H23N7/c1-3-6-16-14-19-12(11-13(20-14)18-9-17-11)15-7-8-21(2)10-4-5-10/h9-10H,3-8H2,1-2H3,(H3,15,16,17,18,19,20). The first-order chi connectivity index (χ1) is 10.3. The number of nitrogens with zero attached hydrogens (tertiary/aromatic N) is 4. The Labute approximate surface area is 124 Å². The van der Waals surface area contributed by atoms with Gasteiger partial charge in [-0.1, -0.05) is 6.92 Å². The first kappa shape index (κ1) is 14.1. The Morgan fingerprint density at radius 3 is 2.90 bits per heavy atom. The largest absolute Gasteiger partial charge is 0.367 e. The van der Waals surface area contributed by atoms with Crippen molar-refractivity contribution in [3.05, 3.63) is 6.33 Å². The third-order valence-electron chi connectivity index (χ3n) is 3.75. The van der Waals surface area contributed by atoms with Crippen molar-refractivity contribution in [3.63, 3.8) is 0 Å². The SMILES string of the molecule is CCCNc1nc(NCCN(C)C2CC2)c2[nH]cnc2n1. The van der Waals surface area contributed by atoms with Crippen LogP contribution in [0.4, 0.5) is 11.8 Å². The molecule has 2 aromatic heterocycles. The van der Waals surface area contributed by atoms with Crippen LogP contribution in [-0.2, 0) is 0 Å². The zero-order valence-electron chi connectivity index (χ0n) is 12.7. The van der Waals surface area contributed by atoms with Crippen molar-refractivity contribution in [1.82, 2.24) is 24.8 Å². The Hall–Kier alpha value is -1.89. The van der Waals surface area contributed by atoms with Gasteiger partial charge in [-0.15, -0.1) is 0 Å².